The van der Waals surface area contributed by atoms with E-state index >= 15 is 0 Å². The Morgan fingerprint density at radius 3 is 2.63 bits per heavy atom. The Labute approximate surface area is 158 Å². The average Bonchev–Trinajstić information content (AvgIpc) is 3.39. The van der Waals surface area contributed by atoms with Crippen molar-refractivity contribution >= 4 is 29.1 Å². The topological polar surface area (TPSA) is 116 Å². The molecule has 0 unspecified atom stereocenters. The van der Waals surface area contributed by atoms with Gasteiger partial charge in [0.1, 0.15) is 6.33 Å². The molecule has 1 N–H and O–H groups in total. The van der Waals surface area contributed by atoms with E-state index in [-0.39, 0.29) is 0 Å². The number of carbonyl (C=O) groups is 3. The second kappa shape index (κ2) is 8.81. The van der Waals surface area contributed by atoms with Crippen LogP contribution in [0.15, 0.2) is 54.2 Å². The van der Waals surface area contributed by atoms with Crippen LogP contribution in [0.5, 0.6) is 0 Å². The van der Waals surface area contributed by atoms with E-state index in [9.17, 15) is 14.4 Å². The summed E-state index contributed by atoms with van der Waals surface area (Å²) in [5, 5.41) is 14.7. The van der Waals surface area contributed by atoms with Gasteiger partial charge in [-0.15, -0.1) is 16.4 Å². The molecule has 3 aromatic rings. The standard InChI is InChI=1S/C17H15N5O4S/c23-15(19-16(24)14-7-4-8-27-14)10-26-17(25)13(22-11-18-20-21-22)9-12-5-2-1-3-6-12/h1-8,11,13H,9-10H2,(H,19,23,24)/t13-/m0/s1. The molecule has 1 atom stereocenters. The van der Waals surface area contributed by atoms with Gasteiger partial charge in [-0.25, -0.2) is 9.48 Å². The van der Waals surface area contributed by atoms with Gasteiger partial charge in [-0.3, -0.25) is 14.9 Å². The summed E-state index contributed by atoms with van der Waals surface area (Å²) in [7, 11) is 0. The molecule has 0 aliphatic heterocycles. The van der Waals surface area contributed by atoms with Gasteiger partial charge in [-0.1, -0.05) is 36.4 Å². The van der Waals surface area contributed by atoms with E-state index in [0.29, 0.717) is 11.3 Å². The Balaban J connectivity index is 1.59. The molecule has 10 heteroatoms. The lowest BCUT2D eigenvalue weighted by atomic mass is 10.1. The van der Waals surface area contributed by atoms with Crippen LogP contribution in [-0.4, -0.2) is 44.6 Å². The Hall–Kier alpha value is -3.40. The van der Waals surface area contributed by atoms with Crippen molar-refractivity contribution in [2.45, 2.75) is 12.5 Å². The highest BCUT2D eigenvalue weighted by Crippen LogP contribution is 2.15. The molecule has 0 fully saturated rings. The zero-order valence-corrected chi connectivity index (χ0v) is 14.8. The van der Waals surface area contributed by atoms with Crippen LogP contribution in [0.4, 0.5) is 0 Å². The SMILES string of the molecule is O=C(COC(=O)[C@H](Cc1ccccc1)n1cnnn1)NC(=O)c1cccs1. The van der Waals surface area contributed by atoms with E-state index in [2.05, 4.69) is 20.8 Å². The molecule has 0 radical (unpaired) electrons. The number of hydrogen-bond acceptors (Lipinski definition) is 8. The summed E-state index contributed by atoms with van der Waals surface area (Å²) in [4.78, 5) is 36.6. The van der Waals surface area contributed by atoms with Gasteiger partial charge in [0.05, 0.1) is 4.88 Å². The monoisotopic (exact) mass is 385 g/mol. The maximum atomic E-state index is 12.5. The van der Waals surface area contributed by atoms with Gasteiger partial charge in [-0.2, -0.15) is 0 Å². The van der Waals surface area contributed by atoms with Crippen molar-refractivity contribution in [3.8, 4) is 0 Å². The average molecular weight is 385 g/mol. The quantitative estimate of drug-likeness (QED) is 0.604. The zero-order chi connectivity index (χ0) is 19.1. The molecule has 27 heavy (non-hydrogen) atoms. The molecule has 0 bridgehead atoms. The molecule has 138 valence electrons. The summed E-state index contributed by atoms with van der Waals surface area (Å²) < 4.78 is 6.33. The number of nitrogens with zero attached hydrogens (tertiary/aromatic N) is 4. The van der Waals surface area contributed by atoms with E-state index in [4.69, 9.17) is 4.74 Å². The van der Waals surface area contributed by atoms with Gasteiger partial charge in [-0.05, 0) is 27.4 Å². The summed E-state index contributed by atoms with van der Waals surface area (Å²) in [6.07, 6.45) is 1.59. The van der Waals surface area contributed by atoms with Gasteiger partial charge >= 0.3 is 5.97 Å². The Bertz CT molecular complexity index is 897. The molecular formula is C17H15N5O4S. The van der Waals surface area contributed by atoms with Crippen LogP contribution in [0.3, 0.4) is 0 Å². The lowest BCUT2D eigenvalue weighted by molar-refractivity contribution is -0.152. The first-order valence-corrected chi connectivity index (χ1v) is 8.82. The number of carbonyl (C=O) groups excluding carboxylic acids is 3. The first-order valence-electron chi connectivity index (χ1n) is 7.94. The highest BCUT2D eigenvalue weighted by atomic mass is 32.1. The Morgan fingerprint density at radius 2 is 1.96 bits per heavy atom. The van der Waals surface area contributed by atoms with Crippen LogP contribution < -0.4 is 5.32 Å². The highest BCUT2D eigenvalue weighted by Gasteiger charge is 2.25. The predicted octanol–water partition coefficient (Wildman–Crippen LogP) is 1.02. The molecule has 0 aliphatic rings. The number of imide groups is 1. The smallest absolute Gasteiger partial charge is 0.331 e. The van der Waals surface area contributed by atoms with Crippen molar-refractivity contribution < 1.29 is 19.1 Å². The summed E-state index contributed by atoms with van der Waals surface area (Å²) >= 11 is 1.20. The molecule has 2 aromatic heterocycles. The van der Waals surface area contributed by atoms with Crippen LogP contribution in [0.2, 0.25) is 0 Å². The minimum atomic E-state index is -0.830. The summed E-state index contributed by atoms with van der Waals surface area (Å²) in [6, 6.07) is 11.7. The fourth-order valence-corrected chi connectivity index (χ4v) is 2.92. The second-order valence-electron chi connectivity index (χ2n) is 5.46. The number of rotatable bonds is 7. The molecule has 1 aromatic carbocycles. The number of thiophene rings is 1. The van der Waals surface area contributed by atoms with Crippen LogP contribution >= 0.6 is 11.3 Å². The van der Waals surface area contributed by atoms with Crippen LogP contribution in [0.1, 0.15) is 21.3 Å². The first kappa shape index (κ1) is 18.4. The van der Waals surface area contributed by atoms with E-state index in [1.165, 1.54) is 22.3 Å². The number of hydrogen-bond donors (Lipinski definition) is 1. The van der Waals surface area contributed by atoms with Crippen molar-refractivity contribution in [2.24, 2.45) is 0 Å². The number of benzene rings is 1. The lowest BCUT2D eigenvalue weighted by Gasteiger charge is -2.15. The normalized spacial score (nSPS) is 11.6. The van der Waals surface area contributed by atoms with Crippen molar-refractivity contribution in [1.29, 1.82) is 0 Å². The second-order valence-corrected chi connectivity index (χ2v) is 6.41. The third kappa shape index (κ3) is 5.05. The minimum absolute atomic E-state index is 0.292. The molecule has 2 heterocycles. The molecule has 0 saturated carbocycles. The van der Waals surface area contributed by atoms with E-state index in [1.807, 2.05) is 30.3 Å². The highest BCUT2D eigenvalue weighted by molar-refractivity contribution is 7.12. The van der Waals surface area contributed by atoms with E-state index < -0.39 is 30.4 Å². The van der Waals surface area contributed by atoms with Crippen LogP contribution in [-0.2, 0) is 20.7 Å². The van der Waals surface area contributed by atoms with Crippen LogP contribution in [0.25, 0.3) is 0 Å². The van der Waals surface area contributed by atoms with Crippen LogP contribution in [0, 0.1) is 0 Å². The van der Waals surface area contributed by atoms with Gasteiger partial charge in [0.15, 0.2) is 12.6 Å². The Morgan fingerprint density at radius 1 is 1.15 bits per heavy atom. The van der Waals surface area contributed by atoms with Gasteiger partial charge < -0.3 is 4.74 Å². The fraction of sp³-hybridized carbons (Fsp3) is 0.176. The largest absolute Gasteiger partial charge is 0.454 e. The number of aromatic nitrogens is 4. The number of amides is 2. The Kier molecular flexibility index (Phi) is 6.00. The van der Waals surface area contributed by atoms with Gasteiger partial charge in [0, 0.05) is 6.42 Å². The number of ether oxygens (including phenoxy) is 1. The summed E-state index contributed by atoms with van der Waals surface area (Å²) in [5.41, 5.74) is 0.882. The van der Waals surface area contributed by atoms with Gasteiger partial charge in [0.25, 0.3) is 11.8 Å². The molecule has 3 rings (SSSR count). The number of nitrogens with one attached hydrogen (secondary N) is 1. The van der Waals surface area contributed by atoms with Gasteiger partial charge in [0.2, 0.25) is 0 Å². The summed E-state index contributed by atoms with van der Waals surface area (Å²) in [6.45, 7) is -0.580. The van der Waals surface area contributed by atoms with Crippen molar-refractivity contribution in [1.82, 2.24) is 25.5 Å². The molecule has 9 nitrogen and oxygen atoms in total. The first-order chi connectivity index (χ1) is 13.1. The maximum absolute atomic E-state index is 12.5. The summed E-state index contributed by atoms with van der Waals surface area (Å²) in [5.74, 6) is -1.92. The molecule has 0 spiro atoms. The molecular weight excluding hydrogens is 370 g/mol. The number of esters is 1. The third-order valence-corrected chi connectivity index (χ3v) is 4.44. The molecule has 2 amide bonds. The van der Waals surface area contributed by atoms with Crippen molar-refractivity contribution in [3.63, 3.8) is 0 Å². The minimum Gasteiger partial charge on any atom is -0.454 e. The zero-order valence-electron chi connectivity index (χ0n) is 14.0. The fourth-order valence-electron chi connectivity index (χ4n) is 2.30. The lowest BCUT2D eigenvalue weighted by Crippen LogP contribution is -2.35. The third-order valence-electron chi connectivity index (χ3n) is 3.57. The molecule has 0 saturated heterocycles. The number of tetrazole rings is 1. The maximum Gasteiger partial charge on any atom is 0.331 e. The van der Waals surface area contributed by atoms with E-state index in [0.717, 1.165) is 5.56 Å². The van der Waals surface area contributed by atoms with E-state index in [1.54, 1.807) is 17.5 Å². The van der Waals surface area contributed by atoms with Crippen molar-refractivity contribution in [2.75, 3.05) is 6.61 Å². The predicted molar refractivity (Wildman–Crippen MR) is 94.8 cm³/mol. The van der Waals surface area contributed by atoms with Crippen molar-refractivity contribution in [3.05, 3.63) is 64.6 Å². The molecule has 0 aliphatic carbocycles.